The molecule has 2 aromatic rings. The first kappa shape index (κ1) is 16.8. The molecule has 128 valence electrons. The standard InChI is InChI=1S/C17H14ClN3O4/c1-9(10-3-5-15-14(6-10)19-16(22)8-25-15)20-21-13-7-11(17(23)24)2-4-12(13)18/h2-7,21H,8H2,1H3,(H,19,22)(H,23,24)/p-1/b20-9-. The molecule has 0 aliphatic carbocycles. The third-order valence-electron chi connectivity index (χ3n) is 3.58. The number of nitrogens with one attached hydrogen (secondary N) is 2. The lowest BCUT2D eigenvalue weighted by Crippen LogP contribution is -2.25. The predicted octanol–water partition coefficient (Wildman–Crippen LogP) is 1.87. The Labute approximate surface area is 148 Å². The molecule has 0 saturated carbocycles. The van der Waals surface area contributed by atoms with Gasteiger partial charge in [-0.3, -0.25) is 10.2 Å². The van der Waals surface area contributed by atoms with Crippen LogP contribution in [0, 0.1) is 0 Å². The number of carboxylic acids is 1. The number of anilines is 2. The Bertz CT molecular complexity index is 895. The molecule has 0 bridgehead atoms. The zero-order chi connectivity index (χ0) is 18.0. The van der Waals surface area contributed by atoms with Crippen molar-refractivity contribution in [3.05, 3.63) is 52.5 Å². The first-order chi connectivity index (χ1) is 11.9. The number of carbonyl (C=O) groups is 2. The van der Waals surface area contributed by atoms with E-state index in [0.717, 1.165) is 5.56 Å². The number of carboxylic acid groups (broad SMARTS) is 1. The molecule has 1 aliphatic heterocycles. The van der Waals surface area contributed by atoms with E-state index >= 15 is 0 Å². The molecule has 1 amide bonds. The van der Waals surface area contributed by atoms with Crippen LogP contribution in [0.4, 0.5) is 11.4 Å². The SMILES string of the molecule is C/C(=N/Nc1cc(C(=O)[O-])ccc1Cl)c1ccc2c(c1)NC(=O)CO2. The van der Waals surface area contributed by atoms with Crippen molar-refractivity contribution in [3.63, 3.8) is 0 Å². The molecule has 3 rings (SSSR count). The zero-order valence-electron chi connectivity index (χ0n) is 13.1. The van der Waals surface area contributed by atoms with E-state index in [4.69, 9.17) is 16.3 Å². The molecule has 0 saturated heterocycles. The molecule has 0 unspecified atom stereocenters. The van der Waals surface area contributed by atoms with Gasteiger partial charge in [0.25, 0.3) is 5.91 Å². The summed E-state index contributed by atoms with van der Waals surface area (Å²) in [7, 11) is 0. The number of amides is 1. The largest absolute Gasteiger partial charge is 0.545 e. The van der Waals surface area contributed by atoms with Gasteiger partial charge in [-0.25, -0.2) is 0 Å². The lowest BCUT2D eigenvalue weighted by molar-refractivity contribution is -0.255. The molecule has 7 nitrogen and oxygen atoms in total. The number of fused-ring (bicyclic) bond motifs is 1. The van der Waals surface area contributed by atoms with Crippen molar-refractivity contribution in [2.45, 2.75) is 6.92 Å². The number of hydrazone groups is 1. The van der Waals surface area contributed by atoms with Crippen molar-refractivity contribution in [1.82, 2.24) is 0 Å². The molecular weight excluding hydrogens is 346 g/mol. The van der Waals surface area contributed by atoms with Crippen molar-refractivity contribution < 1.29 is 19.4 Å². The fourth-order valence-electron chi connectivity index (χ4n) is 2.25. The fourth-order valence-corrected chi connectivity index (χ4v) is 2.41. The molecule has 0 radical (unpaired) electrons. The van der Waals surface area contributed by atoms with Gasteiger partial charge in [-0.15, -0.1) is 0 Å². The third-order valence-corrected chi connectivity index (χ3v) is 3.91. The molecule has 1 aliphatic rings. The van der Waals surface area contributed by atoms with E-state index in [0.29, 0.717) is 27.9 Å². The summed E-state index contributed by atoms with van der Waals surface area (Å²) in [4.78, 5) is 22.3. The number of rotatable bonds is 4. The van der Waals surface area contributed by atoms with Crippen molar-refractivity contribution in [2.24, 2.45) is 5.10 Å². The Hall–Kier alpha value is -3.06. The third kappa shape index (κ3) is 3.72. The molecule has 1 heterocycles. The van der Waals surface area contributed by atoms with Gasteiger partial charge in [-0.1, -0.05) is 17.7 Å². The van der Waals surface area contributed by atoms with Crippen molar-refractivity contribution >= 4 is 40.6 Å². The molecule has 0 spiro atoms. The molecule has 2 aromatic carbocycles. The Kier molecular flexibility index (Phi) is 4.58. The maximum atomic E-state index is 11.4. The van der Waals surface area contributed by atoms with Crippen LogP contribution in [0.1, 0.15) is 22.8 Å². The van der Waals surface area contributed by atoms with Crippen LogP contribution in [-0.4, -0.2) is 24.2 Å². The second kappa shape index (κ2) is 6.82. The van der Waals surface area contributed by atoms with Crippen molar-refractivity contribution in [3.8, 4) is 5.75 Å². The normalized spacial score (nSPS) is 13.5. The van der Waals surface area contributed by atoms with Gasteiger partial charge in [0, 0.05) is 0 Å². The van der Waals surface area contributed by atoms with E-state index in [1.807, 2.05) is 0 Å². The van der Waals surface area contributed by atoms with Crippen LogP contribution in [0.25, 0.3) is 0 Å². The van der Waals surface area contributed by atoms with Crippen LogP contribution in [0.3, 0.4) is 0 Å². The first-order valence-electron chi connectivity index (χ1n) is 7.32. The first-order valence-corrected chi connectivity index (χ1v) is 7.70. The number of ether oxygens (including phenoxy) is 1. The minimum absolute atomic E-state index is 0.00571. The second-order valence-electron chi connectivity index (χ2n) is 5.34. The van der Waals surface area contributed by atoms with E-state index in [1.54, 1.807) is 25.1 Å². The van der Waals surface area contributed by atoms with Gasteiger partial charge in [0.1, 0.15) is 5.75 Å². The van der Waals surface area contributed by atoms with Gasteiger partial charge >= 0.3 is 0 Å². The molecule has 0 aromatic heterocycles. The minimum Gasteiger partial charge on any atom is -0.545 e. The molecule has 25 heavy (non-hydrogen) atoms. The Balaban J connectivity index is 1.83. The van der Waals surface area contributed by atoms with Crippen LogP contribution < -0.4 is 20.6 Å². The van der Waals surface area contributed by atoms with Crippen molar-refractivity contribution in [2.75, 3.05) is 17.3 Å². The van der Waals surface area contributed by atoms with E-state index in [9.17, 15) is 14.7 Å². The molecule has 0 atom stereocenters. The zero-order valence-corrected chi connectivity index (χ0v) is 13.9. The number of hydrogen-bond acceptors (Lipinski definition) is 6. The average molecular weight is 359 g/mol. The second-order valence-corrected chi connectivity index (χ2v) is 5.75. The number of carbonyl (C=O) groups excluding carboxylic acids is 2. The Morgan fingerprint density at radius 3 is 2.80 bits per heavy atom. The van der Waals surface area contributed by atoms with Crippen LogP contribution in [0.2, 0.25) is 5.02 Å². The van der Waals surface area contributed by atoms with E-state index in [2.05, 4.69) is 15.8 Å². The molecule has 8 heteroatoms. The summed E-state index contributed by atoms with van der Waals surface area (Å²) in [5.74, 6) is -0.928. The molecular formula is C17H13ClN3O4-. The Morgan fingerprint density at radius 1 is 1.28 bits per heavy atom. The van der Waals surface area contributed by atoms with Crippen LogP contribution >= 0.6 is 11.6 Å². The van der Waals surface area contributed by atoms with Gasteiger partial charge in [0.2, 0.25) is 0 Å². The lowest BCUT2D eigenvalue weighted by Gasteiger charge is -2.18. The van der Waals surface area contributed by atoms with Crippen LogP contribution in [0.15, 0.2) is 41.5 Å². The Morgan fingerprint density at radius 2 is 2.04 bits per heavy atom. The summed E-state index contributed by atoms with van der Waals surface area (Å²) in [6, 6.07) is 9.43. The summed E-state index contributed by atoms with van der Waals surface area (Å²) in [5.41, 5.74) is 5.01. The number of aromatic carboxylic acids is 1. The highest BCUT2D eigenvalue weighted by molar-refractivity contribution is 6.33. The topological polar surface area (TPSA) is 103 Å². The highest BCUT2D eigenvalue weighted by Crippen LogP contribution is 2.29. The van der Waals surface area contributed by atoms with E-state index in [-0.39, 0.29) is 18.1 Å². The summed E-state index contributed by atoms with van der Waals surface area (Å²) >= 11 is 6.03. The quantitative estimate of drug-likeness (QED) is 0.641. The van der Waals surface area contributed by atoms with Gasteiger partial charge in [0.05, 0.1) is 28.1 Å². The number of benzene rings is 2. The maximum Gasteiger partial charge on any atom is 0.262 e. The highest BCUT2D eigenvalue weighted by atomic mass is 35.5. The highest BCUT2D eigenvalue weighted by Gasteiger charge is 2.16. The van der Waals surface area contributed by atoms with Crippen LogP contribution in [0.5, 0.6) is 5.75 Å². The smallest absolute Gasteiger partial charge is 0.262 e. The molecule has 2 N–H and O–H groups in total. The number of halogens is 1. The van der Waals surface area contributed by atoms with Crippen LogP contribution in [-0.2, 0) is 4.79 Å². The maximum absolute atomic E-state index is 11.4. The van der Waals surface area contributed by atoms with Gasteiger partial charge in [0.15, 0.2) is 6.61 Å². The predicted molar refractivity (Wildman–Crippen MR) is 92.2 cm³/mol. The van der Waals surface area contributed by atoms with Gasteiger partial charge in [-0.05, 0) is 48.4 Å². The summed E-state index contributed by atoms with van der Waals surface area (Å²) in [6.07, 6.45) is 0. The van der Waals surface area contributed by atoms with E-state index < -0.39 is 5.97 Å². The fraction of sp³-hybridized carbons (Fsp3) is 0.118. The summed E-state index contributed by atoms with van der Waals surface area (Å²) in [5, 5.41) is 18.2. The summed E-state index contributed by atoms with van der Waals surface area (Å²) in [6.45, 7) is 1.75. The van der Waals surface area contributed by atoms with Gasteiger partial charge < -0.3 is 20.0 Å². The minimum atomic E-state index is -1.30. The summed E-state index contributed by atoms with van der Waals surface area (Å²) < 4.78 is 5.30. The average Bonchev–Trinajstić information content (AvgIpc) is 2.59. The number of nitrogens with zero attached hydrogens (tertiary/aromatic N) is 1. The lowest BCUT2D eigenvalue weighted by atomic mass is 10.1. The van der Waals surface area contributed by atoms with Crippen molar-refractivity contribution in [1.29, 1.82) is 0 Å². The number of hydrogen-bond donors (Lipinski definition) is 2. The molecule has 0 fully saturated rings. The van der Waals surface area contributed by atoms with Gasteiger partial charge in [-0.2, -0.15) is 5.10 Å². The monoisotopic (exact) mass is 358 g/mol. The van der Waals surface area contributed by atoms with E-state index in [1.165, 1.54) is 18.2 Å².